The molecule has 1 nitrogen and oxygen atoms in total. The molecular formula is C42H52OSi. The number of hydrogen-bond donors (Lipinski definition) is 0. The van der Waals surface area contributed by atoms with Crippen LogP contribution in [0.25, 0.3) is 22.4 Å². The number of allylic oxidation sites excluding steroid dienone is 4. The maximum Gasteiger partial charge on any atom is 0.126 e. The Bertz CT molecular complexity index is 1830. The van der Waals surface area contributed by atoms with Crippen molar-refractivity contribution in [1.29, 1.82) is 0 Å². The molecule has 2 heteroatoms. The van der Waals surface area contributed by atoms with Crippen LogP contribution in [0.2, 0.25) is 17.6 Å². The molecule has 6 rings (SSSR count). The topological polar surface area (TPSA) is 9.23 Å². The summed E-state index contributed by atoms with van der Waals surface area (Å²) in [5.41, 5.74) is 8.60. The van der Waals surface area contributed by atoms with Crippen molar-refractivity contribution in [3.8, 4) is 5.75 Å². The Morgan fingerprint density at radius 2 is 1.68 bits per heavy atom. The molecule has 0 aromatic heterocycles. The molecule has 0 aliphatic heterocycles. The van der Waals surface area contributed by atoms with Crippen LogP contribution in [-0.2, 0) is 5.41 Å². The van der Waals surface area contributed by atoms with E-state index in [-0.39, 0.29) is 16.2 Å². The van der Waals surface area contributed by atoms with Gasteiger partial charge in [-0.2, -0.15) is 0 Å². The lowest BCUT2D eigenvalue weighted by Gasteiger charge is -2.42. The van der Waals surface area contributed by atoms with Crippen molar-refractivity contribution in [2.75, 3.05) is 6.61 Å². The summed E-state index contributed by atoms with van der Waals surface area (Å²) < 4.78 is 6.71. The predicted molar refractivity (Wildman–Crippen MR) is 194 cm³/mol. The second-order valence-corrected chi connectivity index (χ2v) is 20.7. The Hall–Kier alpha value is -3.10. The third-order valence-corrected chi connectivity index (χ3v) is 16.7. The number of ether oxygens (including phenoxy) is 1. The molecule has 0 amide bonds. The van der Waals surface area contributed by atoms with Gasteiger partial charge in [-0.15, -0.1) is 0 Å². The van der Waals surface area contributed by atoms with Gasteiger partial charge >= 0.3 is 0 Å². The summed E-state index contributed by atoms with van der Waals surface area (Å²) in [6.45, 7) is 26.3. The minimum absolute atomic E-state index is 0.0311. The smallest absolute Gasteiger partial charge is 0.126 e. The standard InChI is InChI=1S/C42H52OSi/c1-11-24-43-38-32-17-15-14-16-28(32)18-21-35(38)44(12-2,13-3)39-34-27-41(7,8)23-22-33(34)37-36(39)31-20-19-30(40(4,5)6)25-29(31)26-42(37,9)10/h11,14-21,25-27,39H,1,12-13,22-24H2,2-10H3. The summed E-state index contributed by atoms with van der Waals surface area (Å²) in [6, 6.07) is 23.3. The summed E-state index contributed by atoms with van der Waals surface area (Å²) in [6.07, 6.45) is 9.54. The zero-order valence-corrected chi connectivity index (χ0v) is 29.7. The fraction of sp³-hybridized carbons (Fsp3) is 0.429. The SMILES string of the molecule is C=CCOc1c([Si](CC)(CC)C2C3=CC(C)(C)CCC3=C3C2=c2ccc(C(C)(C)C)cc2=CC3(C)C)ccc2ccccc12. The van der Waals surface area contributed by atoms with Gasteiger partial charge in [-0.05, 0) is 72.5 Å². The van der Waals surface area contributed by atoms with Crippen LogP contribution in [0.4, 0.5) is 0 Å². The molecule has 0 N–H and O–H groups in total. The van der Waals surface area contributed by atoms with E-state index < -0.39 is 8.07 Å². The molecule has 230 valence electrons. The first kappa shape index (κ1) is 30.9. The van der Waals surface area contributed by atoms with Crippen molar-refractivity contribution in [3.63, 3.8) is 0 Å². The lowest BCUT2D eigenvalue weighted by Crippen LogP contribution is -2.53. The number of fused-ring (bicyclic) bond motifs is 4. The monoisotopic (exact) mass is 600 g/mol. The third-order valence-electron chi connectivity index (χ3n) is 11.0. The van der Waals surface area contributed by atoms with E-state index in [1.165, 1.54) is 50.5 Å². The van der Waals surface area contributed by atoms with Crippen LogP contribution in [0.3, 0.4) is 0 Å². The van der Waals surface area contributed by atoms with Crippen molar-refractivity contribution >= 4 is 35.7 Å². The Kier molecular flexibility index (Phi) is 7.56. The molecule has 0 bridgehead atoms. The van der Waals surface area contributed by atoms with Crippen molar-refractivity contribution < 1.29 is 4.74 Å². The summed E-state index contributed by atoms with van der Waals surface area (Å²) in [7, 11) is -2.28. The fourth-order valence-electron chi connectivity index (χ4n) is 8.74. The van der Waals surface area contributed by atoms with Gasteiger partial charge in [0.1, 0.15) is 20.4 Å². The lowest BCUT2D eigenvalue weighted by molar-refractivity contribution is 0.370. The van der Waals surface area contributed by atoms with Gasteiger partial charge in [0.15, 0.2) is 0 Å². The van der Waals surface area contributed by atoms with Gasteiger partial charge in [-0.1, -0.05) is 154 Å². The van der Waals surface area contributed by atoms with E-state index in [1.807, 2.05) is 6.08 Å². The normalized spacial score (nSPS) is 20.4. The Morgan fingerprint density at radius 3 is 2.36 bits per heavy atom. The highest BCUT2D eigenvalue weighted by atomic mass is 28.3. The van der Waals surface area contributed by atoms with Crippen LogP contribution in [0, 0.1) is 10.8 Å². The van der Waals surface area contributed by atoms with E-state index in [0.717, 1.165) is 12.2 Å². The number of benzene rings is 3. The molecule has 0 radical (unpaired) electrons. The highest BCUT2D eigenvalue weighted by Gasteiger charge is 2.54. The van der Waals surface area contributed by atoms with Crippen molar-refractivity contribution in [3.05, 3.63) is 106 Å². The zero-order chi connectivity index (χ0) is 31.7. The Balaban J connectivity index is 1.75. The highest BCUT2D eigenvalue weighted by molar-refractivity contribution is 6.95. The highest BCUT2D eigenvalue weighted by Crippen LogP contribution is 2.62. The van der Waals surface area contributed by atoms with Gasteiger partial charge in [-0.25, -0.2) is 0 Å². The van der Waals surface area contributed by atoms with E-state index in [1.54, 1.807) is 22.3 Å². The Labute approximate surface area is 267 Å². The minimum atomic E-state index is -2.28. The van der Waals surface area contributed by atoms with Crippen molar-refractivity contribution in [2.24, 2.45) is 10.8 Å². The van der Waals surface area contributed by atoms with Crippen LogP contribution in [0.1, 0.15) is 80.7 Å². The molecule has 1 atom stereocenters. The summed E-state index contributed by atoms with van der Waals surface area (Å²) >= 11 is 0. The van der Waals surface area contributed by atoms with Gasteiger partial charge in [0, 0.05) is 16.3 Å². The first-order chi connectivity index (χ1) is 20.8. The maximum atomic E-state index is 6.71. The summed E-state index contributed by atoms with van der Waals surface area (Å²) in [4.78, 5) is 0. The van der Waals surface area contributed by atoms with E-state index in [2.05, 4.69) is 136 Å². The van der Waals surface area contributed by atoms with E-state index in [0.29, 0.717) is 12.1 Å². The van der Waals surface area contributed by atoms with Crippen LogP contribution >= 0.6 is 0 Å². The van der Waals surface area contributed by atoms with E-state index >= 15 is 0 Å². The van der Waals surface area contributed by atoms with Crippen LogP contribution < -0.4 is 20.4 Å². The molecule has 0 saturated heterocycles. The van der Waals surface area contributed by atoms with E-state index in [4.69, 9.17) is 4.74 Å². The molecule has 3 aliphatic rings. The molecule has 0 fully saturated rings. The van der Waals surface area contributed by atoms with Crippen LogP contribution in [-0.4, -0.2) is 14.7 Å². The van der Waals surface area contributed by atoms with Crippen LogP contribution in [0.15, 0.2) is 90.0 Å². The molecule has 0 saturated carbocycles. The van der Waals surface area contributed by atoms with Gasteiger partial charge in [0.25, 0.3) is 0 Å². The molecule has 3 aromatic carbocycles. The van der Waals surface area contributed by atoms with Crippen LogP contribution in [0.5, 0.6) is 5.75 Å². The second-order valence-electron chi connectivity index (χ2n) is 15.8. The van der Waals surface area contributed by atoms with Crippen molar-refractivity contribution in [1.82, 2.24) is 0 Å². The average molecular weight is 601 g/mol. The van der Waals surface area contributed by atoms with Crippen molar-refractivity contribution in [2.45, 2.75) is 98.2 Å². The molecule has 3 aromatic rings. The van der Waals surface area contributed by atoms with Gasteiger partial charge in [0.05, 0.1) is 0 Å². The number of hydrogen-bond acceptors (Lipinski definition) is 1. The minimum Gasteiger partial charge on any atom is -0.489 e. The first-order valence-corrected chi connectivity index (χ1v) is 19.4. The maximum absolute atomic E-state index is 6.71. The second kappa shape index (κ2) is 10.8. The molecule has 44 heavy (non-hydrogen) atoms. The largest absolute Gasteiger partial charge is 0.489 e. The van der Waals surface area contributed by atoms with Gasteiger partial charge < -0.3 is 4.74 Å². The molecule has 0 spiro atoms. The van der Waals surface area contributed by atoms with Gasteiger partial charge in [0.2, 0.25) is 0 Å². The zero-order valence-electron chi connectivity index (χ0n) is 28.7. The molecule has 3 aliphatic carbocycles. The van der Waals surface area contributed by atoms with E-state index in [9.17, 15) is 0 Å². The first-order valence-electron chi connectivity index (χ1n) is 16.9. The fourth-order valence-corrected chi connectivity index (χ4v) is 13.9. The quantitative estimate of drug-likeness (QED) is 0.194. The average Bonchev–Trinajstić information content (AvgIpc) is 3.31. The predicted octanol–water partition coefficient (Wildman–Crippen LogP) is 9.50. The molecular weight excluding hydrogens is 549 g/mol. The third kappa shape index (κ3) is 4.80. The lowest BCUT2D eigenvalue weighted by atomic mass is 9.72. The number of rotatable bonds is 7. The van der Waals surface area contributed by atoms with Gasteiger partial charge in [-0.3, -0.25) is 0 Å². The summed E-state index contributed by atoms with van der Waals surface area (Å²) in [5, 5.41) is 6.83. The molecule has 0 heterocycles. The molecule has 1 unspecified atom stereocenters. The Morgan fingerprint density at radius 1 is 0.955 bits per heavy atom. The summed E-state index contributed by atoms with van der Waals surface area (Å²) in [5.74, 6) is 1.09.